The van der Waals surface area contributed by atoms with Crippen molar-refractivity contribution in [1.82, 2.24) is 8.97 Å². The molecule has 0 radical (unpaired) electrons. The van der Waals surface area contributed by atoms with Crippen LogP contribution in [0.5, 0.6) is 0 Å². The summed E-state index contributed by atoms with van der Waals surface area (Å²) in [6.45, 7) is 3.81. The molecule has 0 aliphatic rings. The summed E-state index contributed by atoms with van der Waals surface area (Å²) in [5, 5.41) is 0.666. The number of hydrogen-bond acceptors (Lipinski definition) is 5. The lowest BCUT2D eigenvalue weighted by Crippen LogP contribution is -2.30. The van der Waals surface area contributed by atoms with E-state index in [1.807, 2.05) is 54.6 Å². The van der Waals surface area contributed by atoms with Crippen LogP contribution in [0.3, 0.4) is 0 Å². The third-order valence-corrected chi connectivity index (χ3v) is 5.33. The van der Waals surface area contributed by atoms with Crippen molar-refractivity contribution in [1.29, 1.82) is 0 Å². The second-order valence-corrected chi connectivity index (χ2v) is 7.12. The molecule has 31 heavy (non-hydrogen) atoms. The molecule has 0 aliphatic carbocycles. The van der Waals surface area contributed by atoms with Crippen molar-refractivity contribution in [3.05, 3.63) is 87.5 Å². The second kappa shape index (κ2) is 8.10. The number of methoxy groups -OCH3 is 1. The molecule has 0 amide bonds. The Hall–Kier alpha value is -3.87. The molecule has 0 bridgehead atoms. The van der Waals surface area contributed by atoms with E-state index >= 15 is 0 Å². The van der Waals surface area contributed by atoms with E-state index in [1.165, 1.54) is 11.5 Å². The van der Waals surface area contributed by atoms with Crippen LogP contribution in [0.25, 0.3) is 16.4 Å². The van der Waals surface area contributed by atoms with Crippen LogP contribution >= 0.6 is 0 Å². The van der Waals surface area contributed by atoms with Gasteiger partial charge in [0.05, 0.1) is 36.9 Å². The fourth-order valence-corrected chi connectivity index (χ4v) is 3.98. The molecule has 4 rings (SSSR count). The standard InChI is InChI=1S/C24H22N2O5/c1-4-31-22(27)19-15(2)20(23(28)30-3)26-21(19)17-12-8-9-13-18(17)25(24(26)29)14-16-10-6-5-7-11-16/h5-13H,4,14H2,1-3H3. The minimum atomic E-state index is -0.693. The summed E-state index contributed by atoms with van der Waals surface area (Å²) >= 11 is 0. The average molecular weight is 418 g/mol. The first-order chi connectivity index (χ1) is 15.0. The van der Waals surface area contributed by atoms with Crippen molar-refractivity contribution in [2.75, 3.05) is 13.7 Å². The number of nitrogens with zero attached hydrogens (tertiary/aromatic N) is 2. The number of para-hydroxylation sites is 1. The third-order valence-electron chi connectivity index (χ3n) is 5.33. The van der Waals surface area contributed by atoms with Crippen LogP contribution in [0.2, 0.25) is 0 Å². The number of hydrogen-bond donors (Lipinski definition) is 0. The molecule has 0 saturated heterocycles. The molecular weight excluding hydrogens is 396 g/mol. The van der Waals surface area contributed by atoms with Gasteiger partial charge in [0.2, 0.25) is 0 Å². The van der Waals surface area contributed by atoms with Gasteiger partial charge in [-0.15, -0.1) is 0 Å². The Morgan fingerprint density at radius 2 is 1.65 bits per heavy atom. The SMILES string of the molecule is CCOC(=O)c1c(C)c(C(=O)OC)n2c(=O)n(Cc3ccccc3)c3ccccc3c12. The van der Waals surface area contributed by atoms with Crippen molar-refractivity contribution in [3.63, 3.8) is 0 Å². The molecule has 0 saturated carbocycles. The Labute approximate surface area is 178 Å². The number of aromatic nitrogens is 2. The van der Waals surface area contributed by atoms with Gasteiger partial charge in [0, 0.05) is 5.39 Å². The summed E-state index contributed by atoms with van der Waals surface area (Å²) in [6, 6.07) is 16.9. The smallest absolute Gasteiger partial charge is 0.355 e. The summed E-state index contributed by atoms with van der Waals surface area (Å²) in [5.74, 6) is -1.28. The number of rotatable bonds is 5. The van der Waals surface area contributed by atoms with Crippen LogP contribution in [-0.4, -0.2) is 34.6 Å². The first kappa shape index (κ1) is 20.4. The molecular formula is C24H22N2O5. The molecule has 0 N–H and O–H groups in total. The molecule has 7 heteroatoms. The van der Waals surface area contributed by atoms with Gasteiger partial charge in [-0.2, -0.15) is 0 Å². The number of carbonyl (C=O) groups excluding carboxylic acids is 2. The first-order valence-corrected chi connectivity index (χ1v) is 9.95. The van der Waals surface area contributed by atoms with Gasteiger partial charge >= 0.3 is 17.6 Å². The van der Waals surface area contributed by atoms with E-state index in [1.54, 1.807) is 18.4 Å². The van der Waals surface area contributed by atoms with Gasteiger partial charge in [0.1, 0.15) is 5.69 Å². The highest BCUT2D eigenvalue weighted by Crippen LogP contribution is 2.29. The summed E-state index contributed by atoms with van der Waals surface area (Å²) in [4.78, 5) is 39.2. The van der Waals surface area contributed by atoms with Gasteiger partial charge in [-0.25, -0.2) is 14.4 Å². The van der Waals surface area contributed by atoms with Crippen LogP contribution in [0.4, 0.5) is 0 Å². The highest BCUT2D eigenvalue weighted by Gasteiger charge is 2.30. The minimum absolute atomic E-state index is 0.0260. The second-order valence-electron chi connectivity index (χ2n) is 7.12. The van der Waals surface area contributed by atoms with Crippen molar-refractivity contribution in [3.8, 4) is 0 Å². The zero-order valence-corrected chi connectivity index (χ0v) is 17.5. The Morgan fingerprint density at radius 3 is 2.32 bits per heavy atom. The first-order valence-electron chi connectivity index (χ1n) is 9.95. The van der Waals surface area contributed by atoms with Crippen LogP contribution < -0.4 is 5.69 Å². The highest BCUT2D eigenvalue weighted by atomic mass is 16.5. The number of carbonyl (C=O) groups is 2. The molecule has 4 aromatic rings. The van der Waals surface area contributed by atoms with Gasteiger partial charge in [0.15, 0.2) is 0 Å². The largest absolute Gasteiger partial charge is 0.464 e. The van der Waals surface area contributed by atoms with E-state index in [0.717, 1.165) is 5.56 Å². The number of fused-ring (bicyclic) bond motifs is 3. The topological polar surface area (TPSA) is 79.0 Å². The van der Waals surface area contributed by atoms with E-state index in [2.05, 4.69) is 0 Å². The van der Waals surface area contributed by atoms with E-state index < -0.39 is 17.6 Å². The maximum atomic E-state index is 13.7. The van der Waals surface area contributed by atoms with E-state index in [-0.39, 0.29) is 17.9 Å². The van der Waals surface area contributed by atoms with Crippen LogP contribution in [0.1, 0.15) is 38.9 Å². The number of esters is 2. The van der Waals surface area contributed by atoms with Gasteiger partial charge < -0.3 is 9.47 Å². The number of ether oxygens (including phenoxy) is 2. The average Bonchev–Trinajstić information content (AvgIpc) is 3.10. The Bertz CT molecular complexity index is 1370. The number of benzene rings is 2. The molecule has 0 spiro atoms. The lowest BCUT2D eigenvalue weighted by atomic mass is 10.1. The van der Waals surface area contributed by atoms with Gasteiger partial charge in [-0.3, -0.25) is 8.97 Å². The van der Waals surface area contributed by atoms with Crippen molar-refractivity contribution in [2.45, 2.75) is 20.4 Å². The van der Waals surface area contributed by atoms with Crippen molar-refractivity contribution in [2.24, 2.45) is 0 Å². The fourth-order valence-electron chi connectivity index (χ4n) is 3.98. The third kappa shape index (κ3) is 3.28. The molecule has 0 aliphatic heterocycles. The van der Waals surface area contributed by atoms with E-state index in [0.29, 0.717) is 28.5 Å². The summed E-state index contributed by atoms with van der Waals surface area (Å²) < 4.78 is 13.1. The van der Waals surface area contributed by atoms with Gasteiger partial charge in [-0.05, 0) is 31.0 Å². The zero-order chi connectivity index (χ0) is 22.1. The van der Waals surface area contributed by atoms with Crippen molar-refractivity contribution >= 4 is 28.4 Å². The zero-order valence-electron chi connectivity index (χ0n) is 17.5. The molecule has 2 aromatic heterocycles. The lowest BCUT2D eigenvalue weighted by Gasteiger charge is -2.14. The van der Waals surface area contributed by atoms with Gasteiger partial charge in [0.25, 0.3) is 0 Å². The molecule has 0 atom stereocenters. The Kier molecular flexibility index (Phi) is 5.33. The van der Waals surface area contributed by atoms with Crippen LogP contribution in [0.15, 0.2) is 59.4 Å². The monoisotopic (exact) mass is 418 g/mol. The molecule has 2 aromatic carbocycles. The Balaban J connectivity index is 2.17. The Morgan fingerprint density at radius 1 is 0.968 bits per heavy atom. The fraction of sp³-hybridized carbons (Fsp3) is 0.208. The summed E-state index contributed by atoms with van der Waals surface area (Å²) in [7, 11) is 1.24. The minimum Gasteiger partial charge on any atom is -0.464 e. The highest BCUT2D eigenvalue weighted by molar-refractivity contribution is 6.11. The maximum Gasteiger partial charge on any atom is 0.355 e. The van der Waals surface area contributed by atoms with E-state index in [9.17, 15) is 14.4 Å². The molecule has 158 valence electrons. The quantitative estimate of drug-likeness (QED) is 0.463. The predicted molar refractivity (Wildman–Crippen MR) is 117 cm³/mol. The van der Waals surface area contributed by atoms with Crippen molar-refractivity contribution < 1.29 is 19.1 Å². The van der Waals surface area contributed by atoms with Crippen LogP contribution in [0, 0.1) is 6.92 Å². The molecule has 2 heterocycles. The van der Waals surface area contributed by atoms with E-state index in [4.69, 9.17) is 9.47 Å². The summed E-state index contributed by atoms with van der Waals surface area (Å²) in [5.41, 5.74) is 2.08. The predicted octanol–water partition coefficient (Wildman–Crippen LogP) is 3.57. The molecule has 0 fully saturated rings. The maximum absolute atomic E-state index is 13.7. The summed E-state index contributed by atoms with van der Waals surface area (Å²) in [6.07, 6.45) is 0. The molecule has 0 unspecified atom stereocenters. The van der Waals surface area contributed by atoms with Crippen LogP contribution in [-0.2, 0) is 16.0 Å². The van der Waals surface area contributed by atoms with Gasteiger partial charge in [-0.1, -0.05) is 48.5 Å². The normalized spacial score (nSPS) is 11.1. The molecule has 7 nitrogen and oxygen atoms in total. The lowest BCUT2D eigenvalue weighted by molar-refractivity contribution is 0.0528.